The standard InChI is InChI=1S/C26H24F4N4O3/c1-14-4-2-3-5-21(14)33-23-22(10-16(13-31-23)25(37)32-19-6-7-20(35)12-19)34-24(36)15-8-17(26(28,29)30)11-18(27)9-15/h2-5,8-11,13,19-20,35H,6-7,12H2,1H3,(H,31,33)(H,32,37)(H,34,36). The van der Waals surface area contributed by atoms with Crippen LogP contribution < -0.4 is 16.0 Å². The zero-order valence-corrected chi connectivity index (χ0v) is 19.7. The summed E-state index contributed by atoms with van der Waals surface area (Å²) in [7, 11) is 0. The molecule has 1 saturated carbocycles. The van der Waals surface area contributed by atoms with Gasteiger partial charge >= 0.3 is 6.18 Å². The summed E-state index contributed by atoms with van der Waals surface area (Å²) in [4.78, 5) is 29.9. The van der Waals surface area contributed by atoms with E-state index >= 15 is 0 Å². The Balaban J connectivity index is 1.65. The van der Waals surface area contributed by atoms with E-state index in [1.54, 1.807) is 12.1 Å². The Hall–Kier alpha value is -3.99. The van der Waals surface area contributed by atoms with Gasteiger partial charge in [-0.15, -0.1) is 0 Å². The number of pyridine rings is 1. The number of para-hydroxylation sites is 1. The molecule has 0 radical (unpaired) electrons. The number of nitrogens with one attached hydrogen (secondary N) is 3. The number of benzene rings is 2. The molecule has 1 fully saturated rings. The van der Waals surface area contributed by atoms with Crippen LogP contribution in [-0.2, 0) is 6.18 Å². The predicted molar refractivity (Wildman–Crippen MR) is 129 cm³/mol. The number of hydrogen-bond donors (Lipinski definition) is 4. The second kappa shape index (κ2) is 10.6. The van der Waals surface area contributed by atoms with Gasteiger partial charge in [-0.25, -0.2) is 9.37 Å². The van der Waals surface area contributed by atoms with Crippen LogP contribution in [0.15, 0.2) is 54.7 Å². The molecule has 4 rings (SSSR count). The Morgan fingerprint density at radius 3 is 2.43 bits per heavy atom. The molecule has 1 aliphatic rings. The van der Waals surface area contributed by atoms with Gasteiger partial charge in [0, 0.05) is 23.5 Å². The zero-order valence-electron chi connectivity index (χ0n) is 19.7. The van der Waals surface area contributed by atoms with Gasteiger partial charge in [-0.3, -0.25) is 9.59 Å². The van der Waals surface area contributed by atoms with Crippen LogP contribution in [0.1, 0.15) is 51.1 Å². The van der Waals surface area contributed by atoms with Crippen molar-refractivity contribution in [1.82, 2.24) is 10.3 Å². The maximum Gasteiger partial charge on any atom is 0.416 e. The Morgan fingerprint density at radius 2 is 1.76 bits per heavy atom. The first-order chi connectivity index (χ1) is 17.5. The third-order valence-electron chi connectivity index (χ3n) is 6.02. The van der Waals surface area contributed by atoms with Crippen LogP contribution in [-0.4, -0.2) is 34.1 Å². The van der Waals surface area contributed by atoms with Crippen molar-refractivity contribution < 1.29 is 32.3 Å². The lowest BCUT2D eigenvalue weighted by Gasteiger charge is -2.17. The number of aliphatic hydroxyl groups excluding tert-OH is 1. The molecule has 194 valence electrons. The van der Waals surface area contributed by atoms with Gasteiger partial charge in [0.1, 0.15) is 5.82 Å². The van der Waals surface area contributed by atoms with E-state index in [9.17, 15) is 32.3 Å². The number of carbonyl (C=O) groups excluding carboxylic acids is 2. The number of carbonyl (C=O) groups is 2. The van der Waals surface area contributed by atoms with Crippen molar-refractivity contribution in [2.24, 2.45) is 0 Å². The number of aryl methyl sites for hydroxylation is 1. The fraction of sp³-hybridized carbons (Fsp3) is 0.269. The average Bonchev–Trinajstić information content (AvgIpc) is 3.24. The first kappa shape index (κ1) is 26.1. The van der Waals surface area contributed by atoms with E-state index in [0.29, 0.717) is 43.1 Å². The largest absolute Gasteiger partial charge is 0.416 e. The third kappa shape index (κ3) is 6.42. The Morgan fingerprint density at radius 1 is 1.00 bits per heavy atom. The van der Waals surface area contributed by atoms with E-state index in [1.165, 1.54) is 12.3 Å². The fourth-order valence-electron chi connectivity index (χ4n) is 4.06. The van der Waals surface area contributed by atoms with E-state index in [1.807, 2.05) is 19.1 Å². The van der Waals surface area contributed by atoms with Gasteiger partial charge in [-0.2, -0.15) is 13.2 Å². The first-order valence-electron chi connectivity index (χ1n) is 11.5. The molecule has 1 aromatic heterocycles. The summed E-state index contributed by atoms with van der Waals surface area (Å²) in [5, 5.41) is 18.0. The van der Waals surface area contributed by atoms with Gasteiger partial charge in [0.25, 0.3) is 11.8 Å². The van der Waals surface area contributed by atoms with Crippen molar-refractivity contribution in [1.29, 1.82) is 0 Å². The Labute approximate surface area is 209 Å². The topological polar surface area (TPSA) is 103 Å². The van der Waals surface area contributed by atoms with Gasteiger partial charge in [0.15, 0.2) is 5.82 Å². The maximum absolute atomic E-state index is 13.9. The van der Waals surface area contributed by atoms with Crippen molar-refractivity contribution in [2.75, 3.05) is 10.6 Å². The smallest absolute Gasteiger partial charge is 0.393 e. The highest BCUT2D eigenvalue weighted by atomic mass is 19.4. The minimum atomic E-state index is -4.85. The lowest BCUT2D eigenvalue weighted by molar-refractivity contribution is -0.137. The molecule has 2 unspecified atom stereocenters. The summed E-state index contributed by atoms with van der Waals surface area (Å²) in [6.45, 7) is 1.84. The molecule has 1 heterocycles. The Kier molecular flexibility index (Phi) is 7.44. The summed E-state index contributed by atoms with van der Waals surface area (Å²) >= 11 is 0. The molecule has 4 N–H and O–H groups in total. The number of hydrogen-bond acceptors (Lipinski definition) is 5. The van der Waals surface area contributed by atoms with E-state index in [4.69, 9.17) is 0 Å². The lowest BCUT2D eigenvalue weighted by Crippen LogP contribution is -2.33. The normalized spacial score (nSPS) is 17.4. The maximum atomic E-state index is 13.9. The quantitative estimate of drug-likeness (QED) is 0.338. The number of alkyl halides is 3. The molecule has 1 aliphatic carbocycles. The summed E-state index contributed by atoms with van der Waals surface area (Å²) < 4.78 is 53.3. The molecule has 37 heavy (non-hydrogen) atoms. The number of halogens is 4. The Bertz CT molecular complexity index is 1330. The number of aliphatic hydroxyl groups is 1. The third-order valence-corrected chi connectivity index (χ3v) is 6.02. The second-order valence-electron chi connectivity index (χ2n) is 8.88. The number of amides is 2. The molecule has 2 amide bonds. The van der Waals surface area contributed by atoms with Gasteiger partial charge in [-0.1, -0.05) is 18.2 Å². The van der Waals surface area contributed by atoms with Crippen molar-refractivity contribution in [2.45, 2.75) is 44.5 Å². The molecular formula is C26H24F4N4O3. The van der Waals surface area contributed by atoms with Crippen molar-refractivity contribution in [3.63, 3.8) is 0 Å². The van der Waals surface area contributed by atoms with Crippen molar-refractivity contribution >= 4 is 29.0 Å². The SMILES string of the molecule is Cc1ccccc1Nc1ncc(C(=O)NC2CCC(O)C2)cc1NC(=O)c1cc(F)cc(C(F)(F)F)c1. The predicted octanol–water partition coefficient (Wildman–Crippen LogP) is 5.19. The molecule has 0 bridgehead atoms. The summed E-state index contributed by atoms with van der Waals surface area (Å²) in [6, 6.07) is 9.84. The number of anilines is 3. The first-order valence-corrected chi connectivity index (χ1v) is 11.5. The van der Waals surface area contributed by atoms with Gasteiger partial charge in [0.05, 0.1) is 22.9 Å². The van der Waals surface area contributed by atoms with Crippen LogP contribution in [0, 0.1) is 12.7 Å². The highest BCUT2D eigenvalue weighted by Crippen LogP contribution is 2.31. The minimum Gasteiger partial charge on any atom is -0.393 e. The lowest BCUT2D eigenvalue weighted by atomic mass is 10.1. The number of nitrogens with zero attached hydrogens (tertiary/aromatic N) is 1. The van der Waals surface area contributed by atoms with Gasteiger partial charge in [0.2, 0.25) is 0 Å². The molecule has 0 saturated heterocycles. The summed E-state index contributed by atoms with van der Waals surface area (Å²) in [5.74, 6) is -2.60. The molecule has 2 atom stereocenters. The zero-order chi connectivity index (χ0) is 26.7. The molecule has 11 heteroatoms. The van der Waals surface area contributed by atoms with E-state index in [-0.39, 0.29) is 23.1 Å². The summed E-state index contributed by atoms with van der Waals surface area (Å²) in [6.07, 6.45) is -2.46. The average molecular weight is 516 g/mol. The van der Waals surface area contributed by atoms with E-state index in [0.717, 1.165) is 5.56 Å². The van der Waals surface area contributed by atoms with Crippen molar-refractivity contribution in [3.8, 4) is 0 Å². The van der Waals surface area contributed by atoms with Crippen molar-refractivity contribution in [3.05, 3.63) is 82.8 Å². The van der Waals surface area contributed by atoms with Crippen LogP contribution in [0.5, 0.6) is 0 Å². The molecule has 0 aliphatic heterocycles. The van der Waals surface area contributed by atoms with Crippen LogP contribution in [0.4, 0.5) is 34.8 Å². The second-order valence-corrected chi connectivity index (χ2v) is 8.88. The minimum absolute atomic E-state index is 0.00480. The molecule has 0 spiro atoms. The molecular weight excluding hydrogens is 492 g/mol. The van der Waals surface area contributed by atoms with Gasteiger partial charge in [-0.05, 0) is 62.1 Å². The highest BCUT2D eigenvalue weighted by Gasteiger charge is 2.32. The van der Waals surface area contributed by atoms with Crippen LogP contribution in [0.3, 0.4) is 0 Å². The van der Waals surface area contributed by atoms with Crippen LogP contribution >= 0.6 is 0 Å². The molecule has 3 aromatic rings. The summed E-state index contributed by atoms with van der Waals surface area (Å²) in [5.41, 5.74) is -0.270. The fourth-order valence-corrected chi connectivity index (χ4v) is 4.06. The molecule has 2 aromatic carbocycles. The van der Waals surface area contributed by atoms with Gasteiger partial charge < -0.3 is 21.1 Å². The number of rotatable bonds is 6. The van der Waals surface area contributed by atoms with Crippen LogP contribution in [0.2, 0.25) is 0 Å². The van der Waals surface area contributed by atoms with E-state index in [2.05, 4.69) is 20.9 Å². The van der Waals surface area contributed by atoms with Crippen LogP contribution in [0.25, 0.3) is 0 Å². The van der Waals surface area contributed by atoms with E-state index < -0.39 is 41.0 Å². The number of aromatic nitrogens is 1. The molecule has 7 nitrogen and oxygen atoms in total. The monoisotopic (exact) mass is 516 g/mol. The highest BCUT2D eigenvalue weighted by molar-refractivity contribution is 6.07.